The van der Waals surface area contributed by atoms with Crippen molar-refractivity contribution < 1.29 is 0 Å². The highest BCUT2D eigenvalue weighted by Gasteiger charge is 2.13. The highest BCUT2D eigenvalue weighted by Crippen LogP contribution is 2.18. The van der Waals surface area contributed by atoms with Crippen molar-refractivity contribution in [2.24, 2.45) is 0 Å². The van der Waals surface area contributed by atoms with Crippen LogP contribution in [-0.4, -0.2) is 26.2 Å². The molecule has 1 aromatic rings. The van der Waals surface area contributed by atoms with Gasteiger partial charge in [0.15, 0.2) is 0 Å². The quantitative estimate of drug-likeness (QED) is 0.858. The Hall–Kier alpha value is -1.02. The van der Waals surface area contributed by atoms with Gasteiger partial charge in [-0.15, -0.1) is 0 Å². The molecule has 18 heavy (non-hydrogen) atoms. The number of hydrogen-bond donors (Lipinski definition) is 1. The lowest BCUT2D eigenvalue weighted by Gasteiger charge is -2.22. The first-order valence-electron chi connectivity index (χ1n) is 7.18. The van der Waals surface area contributed by atoms with E-state index in [2.05, 4.69) is 49.3 Å². The van der Waals surface area contributed by atoms with E-state index in [4.69, 9.17) is 0 Å². The van der Waals surface area contributed by atoms with Gasteiger partial charge in [-0.05, 0) is 49.9 Å². The van der Waals surface area contributed by atoms with Gasteiger partial charge in [0.25, 0.3) is 0 Å². The fourth-order valence-electron chi connectivity index (χ4n) is 2.87. The number of aryl methyl sites for hydroxylation is 2. The molecule has 0 unspecified atom stereocenters. The Morgan fingerprint density at radius 1 is 1.11 bits per heavy atom. The third-order valence-corrected chi connectivity index (χ3v) is 3.88. The van der Waals surface area contributed by atoms with Crippen LogP contribution in [0, 0.1) is 13.8 Å². The molecule has 1 N–H and O–H groups in total. The average Bonchev–Trinajstić information content (AvgIpc) is 2.80. The molecule has 0 amide bonds. The molecule has 1 aliphatic rings. The zero-order valence-electron chi connectivity index (χ0n) is 12.0. The van der Waals surface area contributed by atoms with Gasteiger partial charge >= 0.3 is 0 Å². The second kappa shape index (κ2) is 6.24. The summed E-state index contributed by atoms with van der Waals surface area (Å²) in [4.78, 5) is 2.35. The van der Waals surface area contributed by atoms with Crippen LogP contribution in [0.25, 0.3) is 0 Å². The first-order valence-corrected chi connectivity index (χ1v) is 7.18. The normalized spacial score (nSPS) is 16.2. The van der Waals surface area contributed by atoms with Crippen molar-refractivity contribution in [3.63, 3.8) is 0 Å². The molecule has 0 spiro atoms. The maximum Gasteiger partial charge on any atom is 0.0369 e. The zero-order valence-corrected chi connectivity index (χ0v) is 12.0. The molecule has 0 saturated heterocycles. The number of rotatable bonds is 5. The van der Waals surface area contributed by atoms with Crippen LogP contribution in [0.15, 0.2) is 18.2 Å². The molecule has 2 heteroatoms. The van der Waals surface area contributed by atoms with E-state index >= 15 is 0 Å². The van der Waals surface area contributed by atoms with Crippen molar-refractivity contribution in [1.82, 2.24) is 5.32 Å². The maximum absolute atomic E-state index is 3.67. The molecule has 100 valence electrons. The van der Waals surface area contributed by atoms with Crippen molar-refractivity contribution in [3.05, 3.63) is 29.3 Å². The Morgan fingerprint density at radius 2 is 1.72 bits per heavy atom. The minimum Gasteiger partial charge on any atom is -0.373 e. The van der Waals surface area contributed by atoms with Gasteiger partial charge in [-0.25, -0.2) is 0 Å². The van der Waals surface area contributed by atoms with Gasteiger partial charge in [-0.3, -0.25) is 0 Å². The minimum absolute atomic E-state index is 0.776. The summed E-state index contributed by atoms with van der Waals surface area (Å²) in [6.45, 7) is 6.51. The second-order valence-electron chi connectivity index (χ2n) is 5.70. The lowest BCUT2D eigenvalue weighted by molar-refractivity contribution is 0.528. The lowest BCUT2D eigenvalue weighted by atomic mass is 10.1. The zero-order chi connectivity index (χ0) is 13.0. The Bertz CT molecular complexity index is 360. The van der Waals surface area contributed by atoms with Crippen LogP contribution in [0.5, 0.6) is 0 Å². The molecule has 1 saturated carbocycles. The second-order valence-corrected chi connectivity index (χ2v) is 5.70. The molecule has 0 heterocycles. The van der Waals surface area contributed by atoms with E-state index in [1.807, 2.05) is 0 Å². The molecule has 1 aliphatic carbocycles. The fraction of sp³-hybridized carbons (Fsp3) is 0.625. The molecular formula is C16H26N2. The number of anilines is 1. The van der Waals surface area contributed by atoms with Crippen LogP contribution in [0.3, 0.4) is 0 Å². The summed E-state index contributed by atoms with van der Waals surface area (Å²) in [5.74, 6) is 0. The summed E-state index contributed by atoms with van der Waals surface area (Å²) in [7, 11) is 2.19. The molecule has 1 aromatic carbocycles. The minimum atomic E-state index is 0.776. The van der Waals surface area contributed by atoms with E-state index in [1.54, 1.807) is 0 Å². The predicted octanol–water partition coefficient (Wildman–Crippen LogP) is 3.27. The van der Waals surface area contributed by atoms with E-state index in [9.17, 15) is 0 Å². The van der Waals surface area contributed by atoms with E-state index in [1.165, 1.54) is 42.5 Å². The summed E-state index contributed by atoms with van der Waals surface area (Å²) in [6, 6.07) is 7.54. The van der Waals surface area contributed by atoms with Crippen LogP contribution in [0.1, 0.15) is 36.8 Å². The number of benzene rings is 1. The Labute approximate surface area is 111 Å². The molecule has 0 bridgehead atoms. The Morgan fingerprint density at radius 3 is 2.33 bits per heavy atom. The van der Waals surface area contributed by atoms with Crippen molar-refractivity contribution in [1.29, 1.82) is 0 Å². The van der Waals surface area contributed by atoms with Crippen molar-refractivity contribution in [3.8, 4) is 0 Å². The third kappa shape index (κ3) is 3.74. The molecule has 2 nitrogen and oxygen atoms in total. The highest BCUT2D eigenvalue weighted by molar-refractivity contribution is 5.50. The third-order valence-electron chi connectivity index (χ3n) is 3.88. The molecule has 0 aliphatic heterocycles. The van der Waals surface area contributed by atoms with Gasteiger partial charge in [0, 0.05) is 31.9 Å². The fourth-order valence-corrected chi connectivity index (χ4v) is 2.87. The molecule has 0 aromatic heterocycles. The van der Waals surface area contributed by atoms with Crippen molar-refractivity contribution in [2.45, 2.75) is 45.6 Å². The van der Waals surface area contributed by atoms with E-state index in [0.717, 1.165) is 19.1 Å². The number of likely N-dealkylation sites (N-methyl/N-ethyl adjacent to an activating group) is 1. The lowest BCUT2D eigenvalue weighted by Crippen LogP contribution is -2.34. The monoisotopic (exact) mass is 246 g/mol. The van der Waals surface area contributed by atoms with E-state index in [-0.39, 0.29) is 0 Å². The Kier molecular flexibility index (Phi) is 4.65. The average molecular weight is 246 g/mol. The largest absolute Gasteiger partial charge is 0.373 e. The number of hydrogen-bond acceptors (Lipinski definition) is 2. The van der Waals surface area contributed by atoms with E-state index < -0.39 is 0 Å². The summed E-state index contributed by atoms with van der Waals surface area (Å²) >= 11 is 0. The first-order chi connectivity index (χ1) is 8.65. The van der Waals surface area contributed by atoms with Gasteiger partial charge in [-0.1, -0.05) is 18.9 Å². The smallest absolute Gasteiger partial charge is 0.0369 e. The summed E-state index contributed by atoms with van der Waals surface area (Å²) in [5.41, 5.74) is 4.03. The number of nitrogens with zero attached hydrogens (tertiary/aromatic N) is 1. The van der Waals surface area contributed by atoms with Crippen molar-refractivity contribution in [2.75, 3.05) is 25.0 Å². The molecule has 0 atom stereocenters. The van der Waals surface area contributed by atoms with E-state index in [0.29, 0.717) is 0 Å². The van der Waals surface area contributed by atoms with Crippen molar-refractivity contribution >= 4 is 5.69 Å². The first kappa shape index (κ1) is 13.4. The van der Waals surface area contributed by atoms with Crippen LogP contribution < -0.4 is 10.2 Å². The van der Waals surface area contributed by atoms with Gasteiger partial charge in [0.2, 0.25) is 0 Å². The summed E-state index contributed by atoms with van der Waals surface area (Å²) in [6.07, 6.45) is 5.55. The standard InChI is InChI=1S/C16H26N2/c1-13-10-14(2)12-16(11-13)18(3)9-8-17-15-6-4-5-7-15/h10-12,15,17H,4-9H2,1-3H3. The highest BCUT2D eigenvalue weighted by atomic mass is 15.1. The molecule has 2 rings (SSSR count). The predicted molar refractivity (Wildman–Crippen MR) is 79.4 cm³/mol. The van der Waals surface area contributed by atoms with Crippen LogP contribution in [0.4, 0.5) is 5.69 Å². The molecule has 1 fully saturated rings. The topological polar surface area (TPSA) is 15.3 Å². The van der Waals surface area contributed by atoms with Gasteiger partial charge in [0.05, 0.1) is 0 Å². The molecule has 0 radical (unpaired) electrons. The van der Waals surface area contributed by atoms with Gasteiger partial charge < -0.3 is 10.2 Å². The summed E-state index contributed by atoms with van der Waals surface area (Å²) < 4.78 is 0. The van der Waals surface area contributed by atoms with Crippen LogP contribution in [0.2, 0.25) is 0 Å². The van der Waals surface area contributed by atoms with Crippen LogP contribution >= 0.6 is 0 Å². The maximum atomic E-state index is 3.67. The number of nitrogens with one attached hydrogen (secondary N) is 1. The molecular weight excluding hydrogens is 220 g/mol. The Balaban J connectivity index is 1.81. The van der Waals surface area contributed by atoms with Crippen LogP contribution in [-0.2, 0) is 0 Å². The SMILES string of the molecule is Cc1cc(C)cc(N(C)CCNC2CCCC2)c1. The summed E-state index contributed by atoms with van der Waals surface area (Å²) in [5, 5.41) is 3.67. The van der Waals surface area contributed by atoms with Gasteiger partial charge in [-0.2, -0.15) is 0 Å². The van der Waals surface area contributed by atoms with Gasteiger partial charge in [0.1, 0.15) is 0 Å².